The molecule has 0 aliphatic carbocycles. The normalized spacial score (nSPS) is 15.1. The summed E-state index contributed by atoms with van der Waals surface area (Å²) in [5, 5.41) is 3.55. The van der Waals surface area contributed by atoms with Crippen molar-refractivity contribution >= 4 is 15.9 Å². The minimum atomic E-state index is 0.429. The molecule has 1 rings (SSSR count). The SMILES string of the molecule is CCC(C)NC(C)c1ccc(Br)cc1. The van der Waals surface area contributed by atoms with Gasteiger partial charge in [0.25, 0.3) is 0 Å². The van der Waals surface area contributed by atoms with E-state index in [0.717, 1.165) is 4.47 Å². The number of halogens is 1. The van der Waals surface area contributed by atoms with Crippen molar-refractivity contribution < 1.29 is 0 Å². The maximum absolute atomic E-state index is 3.55. The Kier molecular flexibility index (Phi) is 4.63. The van der Waals surface area contributed by atoms with E-state index in [0.29, 0.717) is 12.1 Å². The molecule has 2 heteroatoms. The molecule has 78 valence electrons. The first-order valence-electron chi connectivity index (χ1n) is 5.15. The molecule has 0 radical (unpaired) electrons. The maximum Gasteiger partial charge on any atom is 0.0294 e. The van der Waals surface area contributed by atoms with Crippen molar-refractivity contribution in [3.8, 4) is 0 Å². The van der Waals surface area contributed by atoms with Crippen molar-refractivity contribution in [2.24, 2.45) is 0 Å². The van der Waals surface area contributed by atoms with E-state index in [-0.39, 0.29) is 0 Å². The van der Waals surface area contributed by atoms with Gasteiger partial charge in [-0.05, 0) is 38.0 Å². The average Bonchev–Trinajstić information content (AvgIpc) is 2.18. The highest BCUT2D eigenvalue weighted by molar-refractivity contribution is 9.10. The topological polar surface area (TPSA) is 12.0 Å². The molecule has 0 amide bonds. The van der Waals surface area contributed by atoms with Crippen LogP contribution >= 0.6 is 15.9 Å². The van der Waals surface area contributed by atoms with Crippen LogP contribution in [0.2, 0.25) is 0 Å². The second-order valence-corrected chi connectivity index (χ2v) is 4.66. The number of hydrogen-bond acceptors (Lipinski definition) is 1. The van der Waals surface area contributed by atoms with Crippen LogP contribution in [-0.2, 0) is 0 Å². The molecule has 2 atom stereocenters. The van der Waals surface area contributed by atoms with E-state index >= 15 is 0 Å². The van der Waals surface area contributed by atoms with E-state index < -0.39 is 0 Å². The molecule has 0 aromatic heterocycles. The van der Waals surface area contributed by atoms with Gasteiger partial charge < -0.3 is 5.32 Å². The monoisotopic (exact) mass is 255 g/mol. The lowest BCUT2D eigenvalue weighted by molar-refractivity contribution is 0.469. The van der Waals surface area contributed by atoms with Gasteiger partial charge in [0, 0.05) is 16.6 Å². The summed E-state index contributed by atoms with van der Waals surface area (Å²) in [6.07, 6.45) is 1.17. The van der Waals surface area contributed by atoms with E-state index in [9.17, 15) is 0 Å². The zero-order valence-electron chi connectivity index (χ0n) is 9.05. The molecule has 1 N–H and O–H groups in total. The largest absolute Gasteiger partial charge is 0.308 e. The van der Waals surface area contributed by atoms with Crippen LogP contribution in [0.3, 0.4) is 0 Å². The zero-order chi connectivity index (χ0) is 10.6. The Hall–Kier alpha value is -0.340. The van der Waals surface area contributed by atoms with Crippen LogP contribution in [0.4, 0.5) is 0 Å². The zero-order valence-corrected chi connectivity index (χ0v) is 10.6. The Bertz CT molecular complexity index is 268. The van der Waals surface area contributed by atoms with Gasteiger partial charge >= 0.3 is 0 Å². The molecule has 0 bridgehead atoms. The van der Waals surface area contributed by atoms with Gasteiger partial charge in [0.15, 0.2) is 0 Å². The van der Waals surface area contributed by atoms with E-state index in [1.54, 1.807) is 0 Å². The van der Waals surface area contributed by atoms with Crippen molar-refractivity contribution in [1.29, 1.82) is 0 Å². The summed E-state index contributed by atoms with van der Waals surface area (Å²) < 4.78 is 1.14. The predicted octanol–water partition coefficient (Wildman–Crippen LogP) is 3.90. The fourth-order valence-electron chi connectivity index (χ4n) is 1.39. The number of nitrogens with one attached hydrogen (secondary N) is 1. The minimum Gasteiger partial charge on any atom is -0.308 e. The van der Waals surface area contributed by atoms with Crippen molar-refractivity contribution in [2.75, 3.05) is 0 Å². The lowest BCUT2D eigenvalue weighted by Crippen LogP contribution is -2.28. The first kappa shape index (κ1) is 11.7. The Morgan fingerprint density at radius 3 is 2.29 bits per heavy atom. The molecule has 2 unspecified atom stereocenters. The fraction of sp³-hybridized carbons (Fsp3) is 0.500. The summed E-state index contributed by atoms with van der Waals surface area (Å²) in [5.74, 6) is 0. The second-order valence-electron chi connectivity index (χ2n) is 3.75. The van der Waals surface area contributed by atoms with E-state index in [4.69, 9.17) is 0 Å². The van der Waals surface area contributed by atoms with Crippen LogP contribution < -0.4 is 5.32 Å². The Morgan fingerprint density at radius 2 is 1.79 bits per heavy atom. The molecule has 0 spiro atoms. The Labute approximate surface area is 95.0 Å². The van der Waals surface area contributed by atoms with Crippen LogP contribution in [0.15, 0.2) is 28.7 Å². The third-order valence-corrected chi connectivity index (χ3v) is 3.05. The molecule has 1 aromatic rings. The van der Waals surface area contributed by atoms with Crippen molar-refractivity contribution in [1.82, 2.24) is 5.32 Å². The van der Waals surface area contributed by atoms with Crippen LogP contribution in [0.1, 0.15) is 38.8 Å². The van der Waals surface area contributed by atoms with Crippen LogP contribution in [0.25, 0.3) is 0 Å². The molecule has 14 heavy (non-hydrogen) atoms. The molecular formula is C12H18BrN. The number of hydrogen-bond donors (Lipinski definition) is 1. The van der Waals surface area contributed by atoms with Gasteiger partial charge in [-0.15, -0.1) is 0 Å². The van der Waals surface area contributed by atoms with Gasteiger partial charge in [-0.3, -0.25) is 0 Å². The molecule has 0 fully saturated rings. The third kappa shape index (κ3) is 3.43. The van der Waals surface area contributed by atoms with Crippen LogP contribution in [0, 0.1) is 0 Å². The Morgan fingerprint density at radius 1 is 1.21 bits per heavy atom. The number of benzene rings is 1. The summed E-state index contributed by atoms with van der Waals surface area (Å²) in [7, 11) is 0. The highest BCUT2D eigenvalue weighted by atomic mass is 79.9. The molecule has 0 aliphatic rings. The quantitative estimate of drug-likeness (QED) is 0.861. The van der Waals surface area contributed by atoms with Gasteiger partial charge in [-0.1, -0.05) is 35.0 Å². The van der Waals surface area contributed by atoms with E-state index in [1.807, 2.05) is 0 Å². The lowest BCUT2D eigenvalue weighted by atomic mass is 10.1. The number of rotatable bonds is 4. The highest BCUT2D eigenvalue weighted by Crippen LogP contribution is 2.17. The lowest BCUT2D eigenvalue weighted by Gasteiger charge is -2.19. The fourth-order valence-corrected chi connectivity index (χ4v) is 1.66. The minimum absolute atomic E-state index is 0.429. The van der Waals surface area contributed by atoms with Gasteiger partial charge in [-0.2, -0.15) is 0 Å². The Balaban J connectivity index is 2.60. The standard InChI is InChI=1S/C12H18BrN/c1-4-9(2)14-10(3)11-5-7-12(13)8-6-11/h5-10,14H,4H2,1-3H3. The first-order chi connectivity index (χ1) is 6.63. The molecule has 0 aliphatic heterocycles. The van der Waals surface area contributed by atoms with Gasteiger partial charge in [-0.25, -0.2) is 0 Å². The summed E-state index contributed by atoms with van der Waals surface area (Å²) in [5.41, 5.74) is 1.34. The summed E-state index contributed by atoms with van der Waals surface area (Å²) in [6, 6.07) is 9.49. The van der Waals surface area contributed by atoms with Crippen molar-refractivity contribution in [2.45, 2.75) is 39.3 Å². The van der Waals surface area contributed by atoms with Crippen LogP contribution in [-0.4, -0.2) is 6.04 Å². The highest BCUT2D eigenvalue weighted by Gasteiger charge is 2.07. The van der Waals surface area contributed by atoms with Gasteiger partial charge in [0.05, 0.1) is 0 Å². The van der Waals surface area contributed by atoms with Gasteiger partial charge in [0.2, 0.25) is 0 Å². The molecule has 1 aromatic carbocycles. The first-order valence-corrected chi connectivity index (χ1v) is 5.94. The average molecular weight is 256 g/mol. The predicted molar refractivity (Wildman–Crippen MR) is 65.4 cm³/mol. The molecule has 0 saturated heterocycles. The third-order valence-electron chi connectivity index (χ3n) is 2.52. The van der Waals surface area contributed by atoms with Crippen molar-refractivity contribution in [3.63, 3.8) is 0 Å². The van der Waals surface area contributed by atoms with E-state index in [1.165, 1.54) is 12.0 Å². The molecule has 0 heterocycles. The van der Waals surface area contributed by atoms with Crippen molar-refractivity contribution in [3.05, 3.63) is 34.3 Å². The summed E-state index contributed by atoms with van der Waals surface area (Å²) >= 11 is 3.44. The van der Waals surface area contributed by atoms with E-state index in [2.05, 4.69) is 66.3 Å². The summed E-state index contributed by atoms with van der Waals surface area (Å²) in [4.78, 5) is 0. The van der Waals surface area contributed by atoms with Gasteiger partial charge in [0.1, 0.15) is 0 Å². The maximum atomic E-state index is 3.55. The smallest absolute Gasteiger partial charge is 0.0294 e. The van der Waals surface area contributed by atoms with Crippen LogP contribution in [0.5, 0.6) is 0 Å². The molecular weight excluding hydrogens is 238 g/mol. The summed E-state index contributed by atoms with van der Waals surface area (Å²) in [6.45, 7) is 6.62. The molecule has 1 nitrogen and oxygen atoms in total. The molecule has 0 saturated carbocycles. The second kappa shape index (κ2) is 5.52.